The van der Waals surface area contributed by atoms with Gasteiger partial charge in [-0.25, -0.2) is 4.79 Å². The van der Waals surface area contributed by atoms with Gasteiger partial charge in [-0.05, 0) is 0 Å². The first-order chi connectivity index (χ1) is 3.93. The fourth-order valence-corrected chi connectivity index (χ4v) is 0.683. The van der Waals surface area contributed by atoms with Gasteiger partial charge in [-0.2, -0.15) is 0 Å². The van der Waals surface area contributed by atoms with Crippen molar-refractivity contribution in [3.63, 3.8) is 0 Å². The van der Waals surface area contributed by atoms with Crippen molar-refractivity contribution < 1.29 is 9.53 Å². The highest BCUT2D eigenvalue weighted by atomic mass is 16.5. The van der Waals surface area contributed by atoms with Crippen LogP contribution in [0.2, 0.25) is 0 Å². The van der Waals surface area contributed by atoms with E-state index < -0.39 is 0 Å². The standard InChI is InChI=1S/C5H9NO2/c7-5-6-1-3-8-4-2-6/h5H,1-4H2/q+1. The molecule has 0 aromatic carbocycles. The van der Waals surface area contributed by atoms with Crippen LogP contribution in [0, 0.1) is 0 Å². The molecule has 0 atom stereocenters. The van der Waals surface area contributed by atoms with Gasteiger partial charge in [0.05, 0.1) is 0 Å². The quantitative estimate of drug-likeness (QED) is 0.335. The molecule has 0 saturated carbocycles. The van der Waals surface area contributed by atoms with Crippen LogP contribution in [-0.2, 0) is 9.53 Å². The smallest absolute Gasteiger partial charge is 0.349 e. The van der Waals surface area contributed by atoms with Crippen molar-refractivity contribution in [3.8, 4) is 0 Å². The second kappa shape index (κ2) is 2.79. The number of hydrogen-bond donors (Lipinski definition) is 0. The lowest BCUT2D eigenvalue weighted by atomic mass is 10.5. The number of carbonyl (C=O) groups excluding carboxylic acids is 1. The lowest BCUT2D eigenvalue weighted by Gasteiger charge is -2.10. The summed E-state index contributed by atoms with van der Waals surface area (Å²) in [5.74, 6) is 0. The van der Waals surface area contributed by atoms with Crippen molar-refractivity contribution in [2.75, 3.05) is 26.3 Å². The van der Waals surface area contributed by atoms with Crippen molar-refractivity contribution in [2.24, 2.45) is 0 Å². The van der Waals surface area contributed by atoms with Gasteiger partial charge >= 0.3 is 6.41 Å². The number of amides is 1. The van der Waals surface area contributed by atoms with Crippen LogP contribution < -0.4 is 4.90 Å². The van der Waals surface area contributed by atoms with Crippen LogP contribution in [-0.4, -0.2) is 32.7 Å². The molecule has 0 N–H and O–H groups in total. The predicted molar refractivity (Wildman–Crippen MR) is 28.8 cm³/mol. The average molecular weight is 115 g/mol. The Morgan fingerprint density at radius 2 is 2.00 bits per heavy atom. The molecule has 1 heterocycles. The van der Waals surface area contributed by atoms with Crippen molar-refractivity contribution in [1.29, 1.82) is 0 Å². The van der Waals surface area contributed by atoms with E-state index in [0.29, 0.717) is 13.2 Å². The summed E-state index contributed by atoms with van der Waals surface area (Å²) in [5.41, 5.74) is 0. The van der Waals surface area contributed by atoms with Gasteiger partial charge in [-0.15, -0.1) is 4.90 Å². The minimum Gasteiger partial charge on any atom is -0.369 e. The molecule has 1 saturated heterocycles. The molecule has 45 valence electrons. The molecule has 1 radical (unpaired) electrons. The van der Waals surface area contributed by atoms with E-state index >= 15 is 0 Å². The summed E-state index contributed by atoms with van der Waals surface area (Å²) in [6, 6.07) is 0. The summed E-state index contributed by atoms with van der Waals surface area (Å²) in [6.07, 6.45) is 0.864. The van der Waals surface area contributed by atoms with E-state index in [-0.39, 0.29) is 0 Å². The molecule has 0 aromatic heterocycles. The van der Waals surface area contributed by atoms with Gasteiger partial charge in [0.2, 0.25) is 0 Å². The summed E-state index contributed by atoms with van der Waals surface area (Å²) in [6.45, 7) is 2.89. The first-order valence-electron chi connectivity index (χ1n) is 2.70. The van der Waals surface area contributed by atoms with Crippen molar-refractivity contribution in [1.82, 2.24) is 4.90 Å². The molecule has 0 bridgehead atoms. The summed E-state index contributed by atoms with van der Waals surface area (Å²) in [5, 5.41) is 0. The molecule has 1 amide bonds. The molecule has 0 unspecified atom stereocenters. The minimum absolute atomic E-state index is 0.693. The molecule has 3 nitrogen and oxygen atoms in total. The third-order valence-electron chi connectivity index (χ3n) is 1.19. The number of nitrogens with zero attached hydrogens (tertiary/aromatic N) is 1. The van der Waals surface area contributed by atoms with E-state index in [9.17, 15) is 4.79 Å². The Bertz CT molecular complexity index is 78.5. The number of carbonyl (C=O) groups is 1. The van der Waals surface area contributed by atoms with Crippen LogP contribution in [0.3, 0.4) is 0 Å². The van der Waals surface area contributed by atoms with Crippen molar-refractivity contribution in [3.05, 3.63) is 0 Å². The molecule has 3 heteroatoms. The van der Waals surface area contributed by atoms with E-state index in [1.54, 1.807) is 4.90 Å². The van der Waals surface area contributed by atoms with Gasteiger partial charge < -0.3 is 4.74 Å². The Balaban J connectivity index is 2.22. The normalized spacial score (nSPS) is 23.0. The number of hydrogen-bond acceptors (Lipinski definition) is 2. The summed E-state index contributed by atoms with van der Waals surface area (Å²) < 4.78 is 5.00. The lowest BCUT2D eigenvalue weighted by Crippen LogP contribution is -2.39. The van der Waals surface area contributed by atoms with Gasteiger partial charge in [0.25, 0.3) is 0 Å². The van der Waals surface area contributed by atoms with Gasteiger partial charge in [0, 0.05) is 0 Å². The molecule has 0 aliphatic carbocycles. The highest BCUT2D eigenvalue weighted by molar-refractivity contribution is 5.50. The molecule has 1 fully saturated rings. The molecular weight excluding hydrogens is 106 g/mol. The van der Waals surface area contributed by atoms with Crippen LogP contribution >= 0.6 is 0 Å². The Hall–Kier alpha value is -0.410. The van der Waals surface area contributed by atoms with E-state index in [0.717, 1.165) is 19.5 Å². The van der Waals surface area contributed by atoms with E-state index in [1.165, 1.54) is 0 Å². The van der Waals surface area contributed by atoms with Crippen molar-refractivity contribution >= 4 is 6.41 Å². The Morgan fingerprint density at radius 3 is 2.38 bits per heavy atom. The molecule has 0 spiro atoms. The van der Waals surface area contributed by atoms with Crippen molar-refractivity contribution in [2.45, 2.75) is 0 Å². The Morgan fingerprint density at radius 1 is 1.38 bits per heavy atom. The number of rotatable bonds is 1. The number of morpholine rings is 1. The second-order valence-corrected chi connectivity index (χ2v) is 1.75. The Kier molecular flexibility index (Phi) is 2.00. The molecule has 0 aromatic rings. The first kappa shape index (κ1) is 5.72. The summed E-state index contributed by atoms with van der Waals surface area (Å²) in [7, 11) is 0. The maximum atomic E-state index is 10.0. The fraction of sp³-hybridized carbons (Fsp3) is 0.800. The van der Waals surface area contributed by atoms with Crippen LogP contribution in [0.1, 0.15) is 0 Å². The minimum atomic E-state index is 0.693. The maximum absolute atomic E-state index is 10.0. The average Bonchev–Trinajstić information content (AvgIpc) is 1.90. The zero-order valence-corrected chi connectivity index (χ0v) is 4.67. The molecule has 1 aliphatic heterocycles. The molecule has 1 rings (SSSR count). The summed E-state index contributed by atoms with van der Waals surface area (Å²) in [4.78, 5) is 11.7. The lowest BCUT2D eigenvalue weighted by molar-refractivity contribution is -0.115. The highest BCUT2D eigenvalue weighted by Crippen LogP contribution is 1.87. The van der Waals surface area contributed by atoms with Gasteiger partial charge in [0.15, 0.2) is 13.1 Å². The van der Waals surface area contributed by atoms with Crippen LogP contribution in [0.4, 0.5) is 0 Å². The SMILES string of the molecule is O=C[N+]1CCOCC1. The van der Waals surface area contributed by atoms with Crippen LogP contribution in [0.15, 0.2) is 0 Å². The van der Waals surface area contributed by atoms with E-state index in [2.05, 4.69) is 0 Å². The van der Waals surface area contributed by atoms with E-state index in [4.69, 9.17) is 4.74 Å². The van der Waals surface area contributed by atoms with Gasteiger partial charge in [-0.3, -0.25) is 0 Å². The molecule has 1 aliphatic rings. The second-order valence-electron chi connectivity index (χ2n) is 1.75. The Labute approximate surface area is 48.2 Å². The predicted octanol–water partition coefficient (Wildman–Crippen LogP) is -0.687. The zero-order chi connectivity index (χ0) is 5.82. The first-order valence-corrected chi connectivity index (χ1v) is 2.70. The molecule has 8 heavy (non-hydrogen) atoms. The topological polar surface area (TPSA) is 32.2 Å². The summed E-state index contributed by atoms with van der Waals surface area (Å²) >= 11 is 0. The van der Waals surface area contributed by atoms with Gasteiger partial charge in [0.1, 0.15) is 13.2 Å². The zero-order valence-electron chi connectivity index (χ0n) is 4.67. The fourth-order valence-electron chi connectivity index (χ4n) is 0.683. The van der Waals surface area contributed by atoms with E-state index in [1.807, 2.05) is 0 Å². The maximum Gasteiger partial charge on any atom is 0.349 e. The molecular formula is C5H9NO2+. The monoisotopic (exact) mass is 115 g/mol. The third-order valence-corrected chi connectivity index (χ3v) is 1.19. The third kappa shape index (κ3) is 1.28. The van der Waals surface area contributed by atoms with Crippen LogP contribution in [0.5, 0.6) is 0 Å². The van der Waals surface area contributed by atoms with Gasteiger partial charge in [-0.1, -0.05) is 0 Å². The highest BCUT2D eigenvalue weighted by Gasteiger charge is 2.17. The number of ether oxygens (including phenoxy) is 1. The largest absolute Gasteiger partial charge is 0.369 e. The van der Waals surface area contributed by atoms with Crippen LogP contribution in [0.25, 0.3) is 0 Å².